The van der Waals surface area contributed by atoms with Crippen LogP contribution in [-0.4, -0.2) is 25.2 Å². The molecule has 0 saturated carbocycles. The quantitative estimate of drug-likeness (QED) is 0.528. The Morgan fingerprint density at radius 3 is 2.09 bits per heavy atom. The van der Waals surface area contributed by atoms with Gasteiger partial charge in [-0.1, -0.05) is 18.1 Å². The van der Waals surface area contributed by atoms with Crippen LogP contribution in [0.15, 0.2) is 0 Å². The molecule has 0 rings (SSSR count). The summed E-state index contributed by atoms with van der Waals surface area (Å²) in [7, 11) is 2.79. The molecule has 0 radical (unpaired) electrons. The molecule has 0 atom stereocenters. The second-order valence-corrected chi connectivity index (χ2v) is 1.67. The predicted octanol–water partition coefficient (Wildman–Crippen LogP) is -0.643. The fraction of sp³-hybridized carbons (Fsp3) is 0.800. The highest BCUT2D eigenvalue weighted by Crippen LogP contribution is 1.84. The maximum absolute atomic E-state index is 10.9. The monoisotopic (exact) mass is 163 g/mol. The molecule has 0 fully saturated rings. The number of hydrazine groups is 2. The second-order valence-electron chi connectivity index (χ2n) is 1.67. The average molecular weight is 163 g/mol. The SMILES string of the molecule is CCC(=O)N(NOC)NOC. The second kappa shape index (κ2) is 6.05. The minimum absolute atomic E-state index is 0.186. The van der Waals surface area contributed by atoms with Crippen LogP contribution in [-0.2, 0) is 14.5 Å². The van der Waals surface area contributed by atoms with E-state index in [0.717, 1.165) is 5.12 Å². The molecular weight excluding hydrogens is 150 g/mol. The Balaban J connectivity index is 3.76. The molecule has 0 aromatic rings. The van der Waals surface area contributed by atoms with E-state index in [-0.39, 0.29) is 5.91 Å². The van der Waals surface area contributed by atoms with Gasteiger partial charge in [0.2, 0.25) is 0 Å². The molecule has 6 nitrogen and oxygen atoms in total. The van der Waals surface area contributed by atoms with Gasteiger partial charge in [0, 0.05) is 6.42 Å². The highest BCUT2D eigenvalue weighted by molar-refractivity contribution is 5.74. The van der Waals surface area contributed by atoms with Gasteiger partial charge in [-0.3, -0.25) is 14.5 Å². The Bertz CT molecular complexity index is 114. The number of carbonyl (C=O) groups is 1. The lowest BCUT2D eigenvalue weighted by Gasteiger charge is -2.19. The first-order valence-corrected chi connectivity index (χ1v) is 3.16. The first-order chi connectivity index (χ1) is 5.26. The molecule has 1 amide bonds. The molecule has 0 spiro atoms. The third kappa shape index (κ3) is 3.89. The Morgan fingerprint density at radius 2 is 1.82 bits per heavy atom. The van der Waals surface area contributed by atoms with Crippen molar-refractivity contribution in [2.45, 2.75) is 13.3 Å². The maximum atomic E-state index is 10.9. The van der Waals surface area contributed by atoms with Crippen LogP contribution in [0.25, 0.3) is 0 Å². The molecule has 66 valence electrons. The Labute approximate surface area is 65.3 Å². The van der Waals surface area contributed by atoms with Gasteiger partial charge in [0.25, 0.3) is 5.91 Å². The molecule has 0 bridgehead atoms. The smallest absolute Gasteiger partial charge is 0.254 e. The number of nitrogens with one attached hydrogen (secondary N) is 2. The summed E-state index contributed by atoms with van der Waals surface area (Å²) in [5.41, 5.74) is 4.56. The zero-order chi connectivity index (χ0) is 8.69. The first-order valence-electron chi connectivity index (χ1n) is 3.16. The maximum Gasteiger partial charge on any atom is 0.254 e. The summed E-state index contributed by atoms with van der Waals surface area (Å²) in [5.74, 6) is -0.186. The number of amides is 1. The molecule has 0 heterocycles. The summed E-state index contributed by atoms with van der Waals surface area (Å²) in [6.07, 6.45) is 0.354. The van der Waals surface area contributed by atoms with E-state index in [0.29, 0.717) is 6.42 Å². The van der Waals surface area contributed by atoms with E-state index in [1.54, 1.807) is 6.92 Å². The highest BCUT2D eigenvalue weighted by Gasteiger charge is 2.09. The van der Waals surface area contributed by atoms with E-state index >= 15 is 0 Å². The average Bonchev–Trinajstić information content (AvgIpc) is 2.03. The summed E-state index contributed by atoms with van der Waals surface area (Å²) >= 11 is 0. The van der Waals surface area contributed by atoms with E-state index in [1.165, 1.54) is 14.2 Å². The van der Waals surface area contributed by atoms with Gasteiger partial charge >= 0.3 is 0 Å². The third-order valence-electron chi connectivity index (χ3n) is 0.917. The molecule has 11 heavy (non-hydrogen) atoms. The summed E-state index contributed by atoms with van der Waals surface area (Å²) in [6, 6.07) is 0. The lowest BCUT2D eigenvalue weighted by molar-refractivity contribution is -0.187. The number of rotatable bonds is 5. The summed E-state index contributed by atoms with van der Waals surface area (Å²) in [4.78, 5) is 19.9. The first kappa shape index (κ1) is 10.3. The zero-order valence-electron chi connectivity index (χ0n) is 6.88. The van der Waals surface area contributed by atoms with Crippen LogP contribution in [0.3, 0.4) is 0 Å². The molecular formula is C5H13N3O3. The van der Waals surface area contributed by atoms with Crippen LogP contribution < -0.4 is 11.2 Å². The van der Waals surface area contributed by atoms with Crippen LogP contribution in [0, 0.1) is 0 Å². The zero-order valence-corrected chi connectivity index (χ0v) is 6.88. The Morgan fingerprint density at radius 1 is 1.36 bits per heavy atom. The van der Waals surface area contributed by atoms with Gasteiger partial charge in [-0.2, -0.15) is 5.12 Å². The normalized spacial score (nSPS) is 9.73. The van der Waals surface area contributed by atoms with Crippen molar-refractivity contribution >= 4 is 5.91 Å². The van der Waals surface area contributed by atoms with Crippen molar-refractivity contribution in [2.75, 3.05) is 14.2 Å². The molecule has 2 N–H and O–H groups in total. The highest BCUT2D eigenvalue weighted by atomic mass is 16.7. The van der Waals surface area contributed by atoms with E-state index in [4.69, 9.17) is 0 Å². The Hall–Kier alpha value is -0.690. The minimum atomic E-state index is -0.186. The number of nitrogens with zero attached hydrogens (tertiary/aromatic N) is 1. The van der Waals surface area contributed by atoms with Gasteiger partial charge in [-0.25, -0.2) is 0 Å². The standard InChI is InChI=1S/C5H13N3O3/c1-4-5(9)8(6-10-2)7-11-3/h6-7H,4H2,1-3H3. The van der Waals surface area contributed by atoms with Crippen LogP contribution in [0.2, 0.25) is 0 Å². The summed E-state index contributed by atoms with van der Waals surface area (Å²) < 4.78 is 0. The topological polar surface area (TPSA) is 62.8 Å². The van der Waals surface area contributed by atoms with Crippen LogP contribution in [0.5, 0.6) is 0 Å². The van der Waals surface area contributed by atoms with E-state index in [1.807, 2.05) is 0 Å². The largest absolute Gasteiger partial charge is 0.284 e. The fourth-order valence-electron chi connectivity index (χ4n) is 0.461. The van der Waals surface area contributed by atoms with Crippen molar-refractivity contribution in [1.82, 2.24) is 16.3 Å². The molecule has 0 aromatic carbocycles. The molecule has 0 aliphatic heterocycles. The molecule has 6 heteroatoms. The van der Waals surface area contributed by atoms with Gasteiger partial charge in [-0.15, -0.1) is 0 Å². The fourth-order valence-corrected chi connectivity index (χ4v) is 0.461. The van der Waals surface area contributed by atoms with Gasteiger partial charge in [-0.05, 0) is 0 Å². The van der Waals surface area contributed by atoms with Gasteiger partial charge in [0.1, 0.15) is 0 Å². The van der Waals surface area contributed by atoms with E-state index in [2.05, 4.69) is 20.9 Å². The lowest BCUT2D eigenvalue weighted by atomic mass is 10.5. The van der Waals surface area contributed by atoms with E-state index < -0.39 is 0 Å². The van der Waals surface area contributed by atoms with Crippen LogP contribution in [0.4, 0.5) is 0 Å². The van der Waals surface area contributed by atoms with Crippen LogP contribution >= 0.6 is 0 Å². The van der Waals surface area contributed by atoms with Crippen molar-refractivity contribution in [3.63, 3.8) is 0 Å². The molecule has 0 aromatic heterocycles. The number of hydrogen-bond donors (Lipinski definition) is 2. The minimum Gasteiger partial charge on any atom is -0.284 e. The van der Waals surface area contributed by atoms with Crippen molar-refractivity contribution in [3.8, 4) is 0 Å². The van der Waals surface area contributed by atoms with Crippen molar-refractivity contribution in [2.24, 2.45) is 0 Å². The van der Waals surface area contributed by atoms with Gasteiger partial charge < -0.3 is 0 Å². The summed E-state index contributed by atoms with van der Waals surface area (Å²) in [5, 5.41) is 1.00. The Kier molecular flexibility index (Phi) is 5.67. The van der Waals surface area contributed by atoms with Crippen molar-refractivity contribution < 1.29 is 14.5 Å². The number of carbonyl (C=O) groups excluding carboxylic acids is 1. The van der Waals surface area contributed by atoms with Crippen molar-refractivity contribution in [1.29, 1.82) is 0 Å². The van der Waals surface area contributed by atoms with Gasteiger partial charge in [0.05, 0.1) is 14.2 Å². The van der Waals surface area contributed by atoms with E-state index in [9.17, 15) is 4.79 Å². The molecule has 0 saturated heterocycles. The lowest BCUT2D eigenvalue weighted by Crippen LogP contribution is -2.50. The van der Waals surface area contributed by atoms with Gasteiger partial charge in [0.15, 0.2) is 0 Å². The summed E-state index contributed by atoms with van der Waals surface area (Å²) in [6.45, 7) is 1.73. The van der Waals surface area contributed by atoms with Crippen LogP contribution in [0.1, 0.15) is 13.3 Å². The van der Waals surface area contributed by atoms with Crippen molar-refractivity contribution in [3.05, 3.63) is 0 Å². The molecule has 0 aliphatic carbocycles. The predicted molar refractivity (Wildman–Crippen MR) is 37.4 cm³/mol. The third-order valence-corrected chi connectivity index (χ3v) is 0.917. The molecule has 0 unspecified atom stereocenters. The number of hydrogen-bond acceptors (Lipinski definition) is 5. The molecule has 0 aliphatic rings.